The second kappa shape index (κ2) is 2.43. The molecule has 0 spiro atoms. The standard InChI is InChI=1S/C8H6ClN3/c9-7-6(11-3-4-12-7)8(5-10)1-2-8/h3-4H,1-2H2. The van der Waals surface area contributed by atoms with E-state index in [4.69, 9.17) is 16.9 Å². The summed E-state index contributed by atoms with van der Waals surface area (Å²) >= 11 is 5.80. The Bertz CT molecular complexity index is 352. The molecule has 0 amide bonds. The Kier molecular flexibility index (Phi) is 1.52. The molecule has 1 aromatic rings. The minimum Gasteiger partial charge on any atom is -0.255 e. The molecule has 1 heterocycles. The van der Waals surface area contributed by atoms with Gasteiger partial charge in [-0.15, -0.1) is 0 Å². The lowest BCUT2D eigenvalue weighted by Crippen LogP contribution is -2.06. The van der Waals surface area contributed by atoms with E-state index in [1.165, 1.54) is 6.20 Å². The second-order valence-corrected chi connectivity index (χ2v) is 3.25. The second-order valence-electron chi connectivity index (χ2n) is 2.89. The number of rotatable bonds is 1. The highest BCUT2D eigenvalue weighted by molar-refractivity contribution is 6.30. The van der Waals surface area contributed by atoms with Gasteiger partial charge >= 0.3 is 0 Å². The maximum absolute atomic E-state index is 8.86. The largest absolute Gasteiger partial charge is 0.255 e. The number of nitriles is 1. The SMILES string of the molecule is N#CC1(c2nccnc2Cl)CC1. The zero-order valence-corrected chi connectivity index (χ0v) is 7.04. The van der Waals surface area contributed by atoms with Crippen LogP contribution in [0.4, 0.5) is 0 Å². The summed E-state index contributed by atoms with van der Waals surface area (Å²) < 4.78 is 0. The molecule has 0 aromatic carbocycles. The fraction of sp³-hybridized carbons (Fsp3) is 0.375. The van der Waals surface area contributed by atoms with Gasteiger partial charge in [0, 0.05) is 12.4 Å². The van der Waals surface area contributed by atoms with Crippen molar-refractivity contribution in [3.8, 4) is 6.07 Å². The Hall–Kier alpha value is -1.14. The predicted molar refractivity (Wildman–Crippen MR) is 43.6 cm³/mol. The van der Waals surface area contributed by atoms with Gasteiger partial charge in [0.25, 0.3) is 0 Å². The highest BCUT2D eigenvalue weighted by atomic mass is 35.5. The van der Waals surface area contributed by atoms with E-state index in [1.54, 1.807) is 6.20 Å². The fourth-order valence-electron chi connectivity index (χ4n) is 1.17. The van der Waals surface area contributed by atoms with Crippen molar-refractivity contribution in [1.29, 1.82) is 5.26 Å². The molecule has 3 nitrogen and oxygen atoms in total. The Morgan fingerprint density at radius 1 is 1.42 bits per heavy atom. The van der Waals surface area contributed by atoms with E-state index >= 15 is 0 Å². The minimum absolute atomic E-state index is 0.358. The lowest BCUT2D eigenvalue weighted by Gasteiger charge is -2.04. The van der Waals surface area contributed by atoms with Crippen molar-refractivity contribution in [2.75, 3.05) is 0 Å². The average molecular weight is 180 g/mol. The van der Waals surface area contributed by atoms with Crippen molar-refractivity contribution in [1.82, 2.24) is 9.97 Å². The first kappa shape index (κ1) is 7.51. The molecule has 12 heavy (non-hydrogen) atoms. The van der Waals surface area contributed by atoms with Crippen LogP contribution in [0.2, 0.25) is 5.15 Å². The van der Waals surface area contributed by atoms with Crippen LogP contribution in [0, 0.1) is 11.3 Å². The molecule has 0 unspecified atom stereocenters. The summed E-state index contributed by atoms with van der Waals surface area (Å²) in [5.41, 5.74) is 0.208. The van der Waals surface area contributed by atoms with Crippen molar-refractivity contribution in [2.45, 2.75) is 18.3 Å². The molecule has 0 N–H and O–H groups in total. The monoisotopic (exact) mass is 179 g/mol. The summed E-state index contributed by atoms with van der Waals surface area (Å²) in [6, 6.07) is 2.22. The molecule has 0 saturated heterocycles. The van der Waals surface area contributed by atoms with Crippen LogP contribution in [-0.2, 0) is 5.41 Å². The zero-order chi connectivity index (χ0) is 8.60. The zero-order valence-electron chi connectivity index (χ0n) is 6.29. The van der Waals surface area contributed by atoms with Crippen LogP contribution in [0.1, 0.15) is 18.5 Å². The first-order valence-corrected chi connectivity index (χ1v) is 4.04. The van der Waals surface area contributed by atoms with Crippen molar-refractivity contribution < 1.29 is 0 Å². The van der Waals surface area contributed by atoms with E-state index in [0.717, 1.165) is 12.8 Å². The molecule has 1 aliphatic rings. The normalized spacial score (nSPS) is 18.3. The summed E-state index contributed by atoms with van der Waals surface area (Å²) in [4.78, 5) is 7.95. The molecular weight excluding hydrogens is 174 g/mol. The third-order valence-corrected chi connectivity index (χ3v) is 2.35. The third-order valence-electron chi connectivity index (χ3n) is 2.07. The van der Waals surface area contributed by atoms with Crippen LogP contribution in [0.15, 0.2) is 12.4 Å². The van der Waals surface area contributed by atoms with Crippen LogP contribution in [0.25, 0.3) is 0 Å². The lowest BCUT2D eigenvalue weighted by molar-refractivity contribution is 0.841. The molecule has 1 saturated carbocycles. The van der Waals surface area contributed by atoms with E-state index in [2.05, 4.69) is 16.0 Å². The molecule has 0 atom stereocenters. The molecule has 2 rings (SSSR count). The van der Waals surface area contributed by atoms with Crippen LogP contribution in [-0.4, -0.2) is 9.97 Å². The van der Waals surface area contributed by atoms with Crippen LogP contribution in [0.5, 0.6) is 0 Å². The predicted octanol–water partition coefficient (Wildman–Crippen LogP) is 1.69. The molecular formula is C8H6ClN3. The number of aromatic nitrogens is 2. The number of hydrogen-bond acceptors (Lipinski definition) is 3. The van der Waals surface area contributed by atoms with Gasteiger partial charge in [0.05, 0.1) is 11.8 Å². The van der Waals surface area contributed by atoms with Gasteiger partial charge in [-0.1, -0.05) is 11.6 Å². The number of halogens is 1. The first-order valence-electron chi connectivity index (χ1n) is 3.67. The molecule has 4 heteroatoms. The Balaban J connectivity index is 2.48. The maximum Gasteiger partial charge on any atom is 0.152 e. The molecule has 60 valence electrons. The van der Waals surface area contributed by atoms with Crippen molar-refractivity contribution in [3.05, 3.63) is 23.2 Å². The van der Waals surface area contributed by atoms with Gasteiger partial charge in [-0.2, -0.15) is 5.26 Å². The van der Waals surface area contributed by atoms with Crippen LogP contribution >= 0.6 is 11.6 Å². The van der Waals surface area contributed by atoms with Gasteiger partial charge in [-0.3, -0.25) is 4.98 Å². The molecule has 0 aliphatic heterocycles. The van der Waals surface area contributed by atoms with Gasteiger partial charge < -0.3 is 0 Å². The van der Waals surface area contributed by atoms with Gasteiger partial charge in [0.15, 0.2) is 5.15 Å². The van der Waals surface area contributed by atoms with E-state index in [0.29, 0.717) is 10.8 Å². The Morgan fingerprint density at radius 2 is 2.08 bits per heavy atom. The van der Waals surface area contributed by atoms with Crippen LogP contribution in [0.3, 0.4) is 0 Å². The Morgan fingerprint density at radius 3 is 2.58 bits per heavy atom. The van der Waals surface area contributed by atoms with E-state index in [9.17, 15) is 0 Å². The summed E-state index contributed by atoms with van der Waals surface area (Å²) in [5.74, 6) is 0. The topological polar surface area (TPSA) is 49.6 Å². The lowest BCUT2D eigenvalue weighted by atomic mass is 10.1. The quantitative estimate of drug-likeness (QED) is 0.659. The molecule has 1 aromatic heterocycles. The maximum atomic E-state index is 8.86. The summed E-state index contributed by atoms with van der Waals surface area (Å²) in [6.45, 7) is 0. The molecule has 0 bridgehead atoms. The molecule has 0 radical (unpaired) electrons. The van der Waals surface area contributed by atoms with Gasteiger partial charge in [0.1, 0.15) is 5.41 Å². The van der Waals surface area contributed by atoms with E-state index in [-0.39, 0.29) is 0 Å². The Labute approximate surface area is 75.0 Å². The highest BCUT2D eigenvalue weighted by Crippen LogP contribution is 2.48. The highest BCUT2D eigenvalue weighted by Gasteiger charge is 2.48. The number of hydrogen-bond donors (Lipinski definition) is 0. The molecule has 1 fully saturated rings. The minimum atomic E-state index is -0.425. The summed E-state index contributed by atoms with van der Waals surface area (Å²) in [6.07, 6.45) is 4.79. The van der Waals surface area contributed by atoms with Crippen molar-refractivity contribution in [2.24, 2.45) is 0 Å². The van der Waals surface area contributed by atoms with E-state index < -0.39 is 5.41 Å². The summed E-state index contributed by atoms with van der Waals surface area (Å²) in [7, 11) is 0. The number of nitrogens with zero attached hydrogens (tertiary/aromatic N) is 3. The van der Waals surface area contributed by atoms with Crippen molar-refractivity contribution >= 4 is 11.6 Å². The molecule has 1 aliphatic carbocycles. The van der Waals surface area contributed by atoms with E-state index in [1.807, 2.05) is 0 Å². The van der Waals surface area contributed by atoms with Crippen molar-refractivity contribution in [3.63, 3.8) is 0 Å². The van der Waals surface area contributed by atoms with Gasteiger partial charge in [0.2, 0.25) is 0 Å². The average Bonchev–Trinajstić information content (AvgIpc) is 2.86. The van der Waals surface area contributed by atoms with Gasteiger partial charge in [-0.05, 0) is 12.8 Å². The van der Waals surface area contributed by atoms with Crippen LogP contribution < -0.4 is 0 Å². The smallest absolute Gasteiger partial charge is 0.152 e. The fourth-order valence-corrected chi connectivity index (χ4v) is 1.45. The third kappa shape index (κ3) is 0.961. The summed E-state index contributed by atoms with van der Waals surface area (Å²) in [5, 5.41) is 9.22. The first-order chi connectivity index (χ1) is 5.78. The van der Waals surface area contributed by atoms with Gasteiger partial charge in [-0.25, -0.2) is 4.98 Å².